The molecule has 1 amide bonds. The molecule has 158 valence electrons. The van der Waals surface area contributed by atoms with Crippen molar-refractivity contribution in [3.05, 3.63) is 84.6 Å². The molecule has 0 fully saturated rings. The molecule has 0 aliphatic heterocycles. The van der Waals surface area contributed by atoms with Gasteiger partial charge in [-0.25, -0.2) is 10.4 Å². The maximum absolute atomic E-state index is 12.1. The van der Waals surface area contributed by atoms with E-state index in [4.69, 9.17) is 9.15 Å². The van der Waals surface area contributed by atoms with E-state index in [1.165, 1.54) is 18.0 Å². The van der Waals surface area contributed by atoms with Gasteiger partial charge in [-0.15, -0.1) is 11.3 Å². The molecule has 0 aliphatic rings. The Morgan fingerprint density at radius 2 is 1.91 bits per heavy atom. The van der Waals surface area contributed by atoms with Crippen LogP contribution in [0, 0.1) is 0 Å². The summed E-state index contributed by atoms with van der Waals surface area (Å²) in [6.45, 7) is -0.137. The van der Waals surface area contributed by atoms with Crippen molar-refractivity contribution < 1.29 is 13.9 Å². The number of hydrogen-bond acceptors (Lipinski definition) is 7. The van der Waals surface area contributed by atoms with Gasteiger partial charge < -0.3 is 9.15 Å². The predicted octanol–water partition coefficient (Wildman–Crippen LogP) is 5.72. The first-order chi connectivity index (χ1) is 15.7. The summed E-state index contributed by atoms with van der Waals surface area (Å²) in [5.41, 5.74) is 3.43. The van der Waals surface area contributed by atoms with Crippen LogP contribution in [0.25, 0.3) is 21.0 Å². The Bertz CT molecular complexity index is 1390. The molecule has 5 aromatic rings. The largest absolute Gasteiger partial charge is 0.483 e. The minimum absolute atomic E-state index is 0.137. The number of thiazole rings is 1. The van der Waals surface area contributed by atoms with Crippen molar-refractivity contribution in [2.24, 2.45) is 5.10 Å². The maximum Gasteiger partial charge on any atom is 0.277 e. The lowest BCUT2D eigenvalue weighted by atomic mass is 10.1. The molecule has 32 heavy (non-hydrogen) atoms. The smallest absolute Gasteiger partial charge is 0.277 e. The van der Waals surface area contributed by atoms with Gasteiger partial charge in [-0.2, -0.15) is 5.10 Å². The molecule has 0 saturated carbocycles. The van der Waals surface area contributed by atoms with Gasteiger partial charge in [0.1, 0.15) is 11.5 Å². The summed E-state index contributed by atoms with van der Waals surface area (Å²) in [5, 5.41) is 6.67. The third-order valence-electron chi connectivity index (χ3n) is 4.55. The molecule has 3 aromatic carbocycles. The van der Waals surface area contributed by atoms with Gasteiger partial charge in [0.05, 0.1) is 16.4 Å². The van der Waals surface area contributed by atoms with Crippen LogP contribution in [0.4, 0.5) is 0 Å². The Kier molecular flexibility index (Phi) is 5.87. The SMILES string of the molecule is O=C(COc1cccc2ccccc12)N/N=C/c1ccc(Sc2nc3ccccc3s2)o1. The molecular formula is C24H17N3O3S2. The highest BCUT2D eigenvalue weighted by Crippen LogP contribution is 2.34. The van der Waals surface area contributed by atoms with E-state index in [9.17, 15) is 4.79 Å². The highest BCUT2D eigenvalue weighted by atomic mass is 32.2. The van der Waals surface area contributed by atoms with Crippen LogP contribution in [-0.4, -0.2) is 23.7 Å². The third-order valence-corrected chi connectivity index (χ3v) is 6.57. The first-order valence-corrected chi connectivity index (χ1v) is 11.4. The fourth-order valence-electron chi connectivity index (χ4n) is 3.10. The molecule has 0 radical (unpaired) electrons. The van der Waals surface area contributed by atoms with E-state index in [-0.39, 0.29) is 12.5 Å². The van der Waals surface area contributed by atoms with Crippen LogP contribution in [0.1, 0.15) is 5.76 Å². The number of furan rings is 1. The van der Waals surface area contributed by atoms with E-state index in [0.29, 0.717) is 16.6 Å². The number of aromatic nitrogens is 1. The molecule has 0 unspecified atom stereocenters. The minimum Gasteiger partial charge on any atom is -0.483 e. The van der Waals surface area contributed by atoms with Gasteiger partial charge in [0.15, 0.2) is 16.0 Å². The number of fused-ring (bicyclic) bond motifs is 2. The van der Waals surface area contributed by atoms with Gasteiger partial charge in [0.2, 0.25) is 0 Å². The van der Waals surface area contributed by atoms with Crippen molar-refractivity contribution in [1.82, 2.24) is 10.4 Å². The summed E-state index contributed by atoms with van der Waals surface area (Å²) in [6.07, 6.45) is 1.46. The third kappa shape index (κ3) is 4.66. The lowest BCUT2D eigenvalue weighted by molar-refractivity contribution is -0.123. The Morgan fingerprint density at radius 1 is 1.06 bits per heavy atom. The number of amides is 1. The molecule has 0 spiro atoms. The molecule has 1 N–H and O–H groups in total. The summed E-state index contributed by atoms with van der Waals surface area (Å²) in [5.74, 6) is 0.832. The van der Waals surface area contributed by atoms with Crippen molar-refractivity contribution in [1.29, 1.82) is 0 Å². The van der Waals surface area contributed by atoms with Crippen LogP contribution in [0.3, 0.4) is 0 Å². The lowest BCUT2D eigenvalue weighted by Crippen LogP contribution is -2.24. The molecule has 0 saturated heterocycles. The Morgan fingerprint density at radius 3 is 2.84 bits per heavy atom. The van der Waals surface area contributed by atoms with Crippen LogP contribution < -0.4 is 10.2 Å². The number of para-hydroxylation sites is 1. The summed E-state index contributed by atoms with van der Waals surface area (Å²) >= 11 is 3.07. The number of benzene rings is 3. The lowest BCUT2D eigenvalue weighted by Gasteiger charge is -2.08. The second-order valence-corrected chi connectivity index (χ2v) is 9.05. The Labute approximate surface area is 191 Å². The topological polar surface area (TPSA) is 76.7 Å². The number of nitrogens with zero attached hydrogens (tertiary/aromatic N) is 2. The van der Waals surface area contributed by atoms with Crippen molar-refractivity contribution in [2.45, 2.75) is 9.43 Å². The fourth-order valence-corrected chi connectivity index (χ4v) is 5.07. The average molecular weight is 460 g/mol. The molecule has 5 rings (SSSR count). The molecule has 2 aromatic heterocycles. The van der Waals surface area contributed by atoms with E-state index in [2.05, 4.69) is 15.5 Å². The van der Waals surface area contributed by atoms with Gasteiger partial charge in [-0.1, -0.05) is 48.5 Å². The molecule has 0 bridgehead atoms. The zero-order valence-electron chi connectivity index (χ0n) is 16.7. The summed E-state index contributed by atoms with van der Waals surface area (Å²) in [7, 11) is 0. The first-order valence-electron chi connectivity index (χ1n) is 9.80. The number of hydrazone groups is 1. The van der Waals surface area contributed by atoms with Gasteiger partial charge in [-0.05, 0) is 47.5 Å². The normalized spacial score (nSPS) is 11.4. The van der Waals surface area contributed by atoms with E-state index in [1.54, 1.807) is 17.4 Å². The molecular weight excluding hydrogens is 442 g/mol. The zero-order chi connectivity index (χ0) is 21.8. The summed E-state index contributed by atoms with van der Waals surface area (Å²) in [6, 6.07) is 25.2. The number of nitrogens with one attached hydrogen (secondary N) is 1. The Balaban J connectivity index is 1.15. The quantitative estimate of drug-likeness (QED) is 0.249. The van der Waals surface area contributed by atoms with Crippen LogP contribution in [-0.2, 0) is 4.79 Å². The maximum atomic E-state index is 12.1. The standard InChI is InChI=1S/C24H17N3O3S2/c28-22(15-29-20-10-5-7-16-6-1-2-8-18(16)20)27-25-14-17-12-13-23(30-17)32-24-26-19-9-3-4-11-21(19)31-24/h1-14H,15H2,(H,27,28)/b25-14+. The zero-order valence-corrected chi connectivity index (χ0v) is 18.4. The molecule has 0 aliphatic carbocycles. The second kappa shape index (κ2) is 9.25. The van der Waals surface area contributed by atoms with Crippen molar-refractivity contribution in [2.75, 3.05) is 6.61 Å². The van der Waals surface area contributed by atoms with Crippen LogP contribution in [0.5, 0.6) is 5.75 Å². The average Bonchev–Trinajstić information content (AvgIpc) is 3.44. The Hall–Kier alpha value is -3.62. The summed E-state index contributed by atoms with van der Waals surface area (Å²) < 4.78 is 13.4. The number of ether oxygens (including phenoxy) is 1. The first kappa shape index (κ1) is 20.3. The van der Waals surface area contributed by atoms with Gasteiger partial charge in [0, 0.05) is 5.39 Å². The van der Waals surface area contributed by atoms with Gasteiger partial charge in [-0.3, -0.25) is 4.79 Å². The monoisotopic (exact) mass is 459 g/mol. The van der Waals surface area contributed by atoms with E-state index >= 15 is 0 Å². The highest BCUT2D eigenvalue weighted by molar-refractivity contribution is 8.01. The van der Waals surface area contributed by atoms with Crippen LogP contribution >= 0.6 is 23.1 Å². The van der Waals surface area contributed by atoms with Gasteiger partial charge in [0.25, 0.3) is 5.91 Å². The second-order valence-electron chi connectivity index (χ2n) is 6.77. The van der Waals surface area contributed by atoms with Crippen molar-refractivity contribution in [3.8, 4) is 5.75 Å². The number of carbonyl (C=O) groups excluding carboxylic acids is 1. The predicted molar refractivity (Wildman–Crippen MR) is 128 cm³/mol. The number of rotatable bonds is 7. The van der Waals surface area contributed by atoms with Crippen LogP contribution in [0.2, 0.25) is 0 Å². The van der Waals surface area contributed by atoms with Gasteiger partial charge >= 0.3 is 0 Å². The molecule has 8 heteroatoms. The van der Waals surface area contributed by atoms with Crippen molar-refractivity contribution in [3.63, 3.8) is 0 Å². The number of hydrogen-bond donors (Lipinski definition) is 1. The number of carbonyl (C=O) groups is 1. The van der Waals surface area contributed by atoms with Crippen LogP contribution in [0.15, 0.2) is 97.8 Å². The van der Waals surface area contributed by atoms with E-state index < -0.39 is 0 Å². The van der Waals surface area contributed by atoms with Crippen molar-refractivity contribution >= 4 is 56.2 Å². The summed E-state index contributed by atoms with van der Waals surface area (Å²) in [4.78, 5) is 16.7. The molecule has 2 heterocycles. The van der Waals surface area contributed by atoms with E-state index in [0.717, 1.165) is 25.3 Å². The fraction of sp³-hybridized carbons (Fsp3) is 0.0417. The molecule has 6 nitrogen and oxygen atoms in total. The minimum atomic E-state index is -0.357. The highest BCUT2D eigenvalue weighted by Gasteiger charge is 2.09. The van der Waals surface area contributed by atoms with E-state index in [1.807, 2.05) is 72.8 Å². The molecule has 0 atom stereocenters.